The molecule has 222 valence electrons. The number of benzene rings is 3. The summed E-state index contributed by atoms with van der Waals surface area (Å²) in [5, 5.41) is 0.903. The molecular formula is C33H33N3O6S. The third kappa shape index (κ3) is 5.52. The monoisotopic (exact) mass is 599 g/mol. The largest absolute Gasteiger partial charge is 0.490 e. The molecule has 3 aliphatic heterocycles. The summed E-state index contributed by atoms with van der Waals surface area (Å²) in [6.07, 6.45) is 5.55. The number of fused-ring (bicyclic) bond motifs is 2. The number of hydrogen-bond acceptors (Lipinski definition) is 8. The van der Waals surface area contributed by atoms with E-state index in [0.29, 0.717) is 23.3 Å². The van der Waals surface area contributed by atoms with Crippen molar-refractivity contribution in [1.29, 1.82) is 0 Å². The summed E-state index contributed by atoms with van der Waals surface area (Å²) >= 11 is 0. The van der Waals surface area contributed by atoms with Gasteiger partial charge in [-0.25, -0.2) is 8.42 Å². The summed E-state index contributed by atoms with van der Waals surface area (Å²) in [4.78, 5) is 22.6. The molecule has 0 saturated carbocycles. The van der Waals surface area contributed by atoms with Crippen molar-refractivity contribution in [2.24, 2.45) is 0 Å². The molecule has 0 bridgehead atoms. The summed E-state index contributed by atoms with van der Waals surface area (Å²) in [6.45, 7) is 3.47. The van der Waals surface area contributed by atoms with Crippen molar-refractivity contribution in [3.63, 3.8) is 0 Å². The summed E-state index contributed by atoms with van der Waals surface area (Å²) < 4.78 is 43.1. The molecule has 0 radical (unpaired) electrons. The third-order valence-corrected chi connectivity index (χ3v) is 10.5. The lowest BCUT2D eigenvalue weighted by atomic mass is 9.98. The molecule has 2 saturated heterocycles. The van der Waals surface area contributed by atoms with Gasteiger partial charge >= 0.3 is 0 Å². The quantitative estimate of drug-likeness (QED) is 0.307. The van der Waals surface area contributed by atoms with E-state index in [4.69, 9.17) is 14.2 Å². The minimum atomic E-state index is -3.69. The van der Waals surface area contributed by atoms with E-state index >= 15 is 0 Å². The first-order chi connectivity index (χ1) is 21.0. The van der Waals surface area contributed by atoms with Crippen molar-refractivity contribution in [2.75, 3.05) is 33.0 Å². The average Bonchev–Trinajstić information content (AvgIpc) is 3.53. The first kappa shape index (κ1) is 27.7. The molecule has 3 aromatic carbocycles. The van der Waals surface area contributed by atoms with Gasteiger partial charge in [-0.3, -0.25) is 14.7 Å². The van der Waals surface area contributed by atoms with Gasteiger partial charge in [-0.15, -0.1) is 0 Å². The highest BCUT2D eigenvalue weighted by molar-refractivity contribution is 7.91. The third-order valence-electron chi connectivity index (χ3n) is 8.71. The van der Waals surface area contributed by atoms with Crippen molar-refractivity contribution in [3.05, 3.63) is 84.6 Å². The number of rotatable bonds is 6. The van der Waals surface area contributed by atoms with E-state index in [1.807, 2.05) is 35.2 Å². The molecule has 7 rings (SSSR count). The number of pyridine rings is 1. The van der Waals surface area contributed by atoms with Gasteiger partial charge in [0.15, 0.2) is 11.5 Å². The van der Waals surface area contributed by atoms with E-state index in [9.17, 15) is 13.2 Å². The molecule has 1 aromatic heterocycles. The second-order valence-corrected chi connectivity index (χ2v) is 13.2. The Morgan fingerprint density at radius 1 is 0.814 bits per heavy atom. The lowest BCUT2D eigenvalue weighted by Gasteiger charge is -2.41. The maximum absolute atomic E-state index is 13.3. The fourth-order valence-electron chi connectivity index (χ4n) is 6.32. The topological polar surface area (TPSA) is 98.3 Å². The molecule has 4 heterocycles. The van der Waals surface area contributed by atoms with E-state index in [2.05, 4.69) is 9.88 Å². The summed E-state index contributed by atoms with van der Waals surface area (Å²) in [5.41, 5.74) is 1.57. The fourth-order valence-corrected chi connectivity index (χ4v) is 7.60. The molecule has 3 aliphatic rings. The van der Waals surface area contributed by atoms with Gasteiger partial charge in [0.1, 0.15) is 11.9 Å². The zero-order chi connectivity index (χ0) is 29.4. The normalized spacial score (nSPS) is 18.2. The Morgan fingerprint density at radius 3 is 2.35 bits per heavy atom. The number of likely N-dealkylation sites (tertiary alicyclic amines) is 2. The van der Waals surface area contributed by atoms with Crippen molar-refractivity contribution >= 4 is 26.6 Å². The van der Waals surface area contributed by atoms with Crippen LogP contribution in [0.15, 0.2) is 88.8 Å². The predicted octanol–water partition coefficient (Wildman–Crippen LogP) is 4.94. The van der Waals surface area contributed by atoms with Crippen molar-refractivity contribution in [3.8, 4) is 17.2 Å². The van der Waals surface area contributed by atoms with Crippen molar-refractivity contribution in [2.45, 2.75) is 47.6 Å². The van der Waals surface area contributed by atoms with E-state index in [1.165, 1.54) is 12.1 Å². The van der Waals surface area contributed by atoms with Gasteiger partial charge in [-0.1, -0.05) is 12.1 Å². The highest BCUT2D eigenvalue weighted by Gasteiger charge is 2.31. The number of ether oxygens (including phenoxy) is 3. The molecular weight excluding hydrogens is 566 g/mol. The van der Waals surface area contributed by atoms with E-state index < -0.39 is 9.84 Å². The van der Waals surface area contributed by atoms with E-state index in [1.54, 1.807) is 36.5 Å². The van der Waals surface area contributed by atoms with Gasteiger partial charge in [0, 0.05) is 55.4 Å². The van der Waals surface area contributed by atoms with E-state index in [-0.39, 0.29) is 28.6 Å². The summed E-state index contributed by atoms with van der Waals surface area (Å²) in [6, 6.07) is 21.3. The minimum absolute atomic E-state index is 0.0780. The molecule has 0 unspecified atom stereocenters. The molecule has 0 spiro atoms. The zero-order valence-corrected chi connectivity index (χ0v) is 24.5. The number of sulfone groups is 1. The van der Waals surface area contributed by atoms with Crippen molar-refractivity contribution < 1.29 is 27.4 Å². The second kappa shape index (κ2) is 11.5. The maximum atomic E-state index is 13.3. The number of piperidine rings is 2. The number of carbonyl (C=O) groups is 1. The van der Waals surface area contributed by atoms with Gasteiger partial charge in [0.25, 0.3) is 5.91 Å². The SMILES string of the molecule is O=C(c1cccc2ncccc12)N1CCC(N2CCC(Oc3ccc(S(=O)(=O)c4ccc5c(c4)OCO5)cc3)CC2)CC1. The van der Waals surface area contributed by atoms with E-state index in [0.717, 1.165) is 68.3 Å². The lowest BCUT2D eigenvalue weighted by Crippen LogP contribution is -2.50. The van der Waals surface area contributed by atoms with Crippen LogP contribution in [-0.2, 0) is 9.84 Å². The highest BCUT2D eigenvalue weighted by Crippen LogP contribution is 2.36. The Hall–Kier alpha value is -4.15. The van der Waals surface area contributed by atoms with Crippen LogP contribution in [0.25, 0.3) is 10.9 Å². The van der Waals surface area contributed by atoms with Crippen LogP contribution in [-0.4, -0.2) is 74.2 Å². The zero-order valence-electron chi connectivity index (χ0n) is 23.7. The summed E-state index contributed by atoms with van der Waals surface area (Å²) in [7, 11) is -3.69. The van der Waals surface area contributed by atoms with Crippen LogP contribution in [0.2, 0.25) is 0 Å². The number of carbonyl (C=O) groups excluding carboxylic acids is 1. The van der Waals surface area contributed by atoms with Crippen LogP contribution in [0.4, 0.5) is 0 Å². The Balaban J connectivity index is 0.906. The Bertz CT molecular complexity index is 1740. The van der Waals surface area contributed by atoms with Crippen LogP contribution < -0.4 is 14.2 Å². The molecule has 1 amide bonds. The highest BCUT2D eigenvalue weighted by atomic mass is 32.2. The Morgan fingerprint density at radius 2 is 1.56 bits per heavy atom. The van der Waals surface area contributed by atoms with Gasteiger partial charge < -0.3 is 19.1 Å². The molecule has 43 heavy (non-hydrogen) atoms. The smallest absolute Gasteiger partial charge is 0.254 e. The molecule has 0 atom stereocenters. The van der Waals surface area contributed by atoms with Crippen LogP contribution in [0.3, 0.4) is 0 Å². The van der Waals surface area contributed by atoms with Gasteiger partial charge in [-0.2, -0.15) is 0 Å². The second-order valence-electron chi connectivity index (χ2n) is 11.2. The first-order valence-corrected chi connectivity index (χ1v) is 16.2. The number of hydrogen-bond donors (Lipinski definition) is 0. The van der Waals surface area contributed by atoms with Crippen LogP contribution in [0.5, 0.6) is 17.2 Å². The van der Waals surface area contributed by atoms with Crippen LogP contribution in [0, 0.1) is 0 Å². The van der Waals surface area contributed by atoms with Gasteiger partial charge in [-0.05, 0) is 80.3 Å². The first-order valence-electron chi connectivity index (χ1n) is 14.7. The number of nitrogens with zero attached hydrogens (tertiary/aromatic N) is 3. The molecule has 0 N–H and O–H groups in total. The molecule has 10 heteroatoms. The fraction of sp³-hybridized carbons (Fsp3) is 0.333. The van der Waals surface area contributed by atoms with Gasteiger partial charge in [0.2, 0.25) is 16.6 Å². The van der Waals surface area contributed by atoms with Crippen LogP contribution >= 0.6 is 0 Å². The lowest BCUT2D eigenvalue weighted by molar-refractivity contribution is 0.0426. The minimum Gasteiger partial charge on any atom is -0.490 e. The number of aromatic nitrogens is 1. The Kier molecular flexibility index (Phi) is 7.40. The molecule has 0 aliphatic carbocycles. The molecule has 4 aromatic rings. The average molecular weight is 600 g/mol. The van der Waals surface area contributed by atoms with Gasteiger partial charge in [0.05, 0.1) is 15.3 Å². The standard InChI is InChI=1S/C33H33N3O6S/c37-33(29-3-1-5-30-28(29)4-2-16-34-30)36-17-12-23(13-18-36)35-19-14-25(15-20-35)42-24-6-8-26(9-7-24)43(38,39)27-10-11-31-32(21-27)41-22-40-31/h1-11,16,21,23,25H,12-15,17-20,22H2. The van der Waals surface area contributed by atoms with Crippen LogP contribution in [0.1, 0.15) is 36.0 Å². The van der Waals surface area contributed by atoms with Crippen molar-refractivity contribution in [1.82, 2.24) is 14.8 Å². The summed E-state index contributed by atoms with van der Waals surface area (Å²) in [5.74, 6) is 1.73. The molecule has 2 fully saturated rings. The Labute approximate surface area is 250 Å². The predicted molar refractivity (Wildman–Crippen MR) is 160 cm³/mol. The maximum Gasteiger partial charge on any atom is 0.254 e. The molecule has 9 nitrogen and oxygen atoms in total. The number of amides is 1.